The average Bonchev–Trinajstić information content (AvgIpc) is 2.78. The first-order valence-corrected chi connectivity index (χ1v) is 8.87. The van der Waals surface area contributed by atoms with Crippen molar-refractivity contribution < 1.29 is 4.79 Å². The van der Waals surface area contributed by atoms with Gasteiger partial charge in [-0.3, -0.25) is 4.90 Å². The number of amides is 2. The number of anilines is 1. The summed E-state index contributed by atoms with van der Waals surface area (Å²) in [5, 5.41) is 3.07. The van der Waals surface area contributed by atoms with E-state index in [1.807, 2.05) is 12.1 Å². The number of urea groups is 1. The lowest BCUT2D eigenvalue weighted by Gasteiger charge is -2.49. The highest BCUT2D eigenvalue weighted by molar-refractivity contribution is 5.92. The van der Waals surface area contributed by atoms with E-state index in [1.165, 1.54) is 18.4 Å². The Kier molecular flexibility index (Phi) is 3.41. The van der Waals surface area contributed by atoms with Crippen LogP contribution in [0.15, 0.2) is 24.3 Å². The van der Waals surface area contributed by atoms with Gasteiger partial charge >= 0.3 is 6.03 Å². The minimum Gasteiger partial charge on any atom is -0.317 e. The second-order valence-corrected chi connectivity index (χ2v) is 8.30. The number of piperidine rings is 1. The fourth-order valence-corrected chi connectivity index (χ4v) is 5.02. The predicted molar refractivity (Wildman–Crippen MR) is 92.4 cm³/mol. The molecule has 2 unspecified atom stereocenters. The van der Waals surface area contributed by atoms with Gasteiger partial charge in [0.25, 0.3) is 0 Å². The third-order valence-electron chi connectivity index (χ3n) is 5.78. The van der Waals surface area contributed by atoms with Gasteiger partial charge in [-0.1, -0.05) is 18.2 Å². The van der Waals surface area contributed by atoms with Gasteiger partial charge in [0.2, 0.25) is 0 Å². The van der Waals surface area contributed by atoms with E-state index in [4.69, 9.17) is 0 Å². The number of hydrogen-bond acceptors (Lipinski definition) is 2. The van der Waals surface area contributed by atoms with Crippen LogP contribution < -0.4 is 5.32 Å². The van der Waals surface area contributed by atoms with Crippen molar-refractivity contribution in [3.8, 4) is 0 Å². The van der Waals surface area contributed by atoms with E-state index < -0.39 is 0 Å². The van der Waals surface area contributed by atoms with Gasteiger partial charge in [-0.25, -0.2) is 4.79 Å². The highest BCUT2D eigenvalue weighted by Crippen LogP contribution is 2.42. The average molecular weight is 313 g/mol. The van der Waals surface area contributed by atoms with Crippen LogP contribution >= 0.6 is 0 Å². The van der Waals surface area contributed by atoms with Crippen molar-refractivity contribution >= 4 is 11.7 Å². The lowest BCUT2D eigenvalue weighted by Crippen LogP contribution is -2.58. The molecular weight excluding hydrogens is 286 g/mol. The predicted octanol–water partition coefficient (Wildman–Crippen LogP) is 3.83. The monoisotopic (exact) mass is 313 g/mol. The van der Waals surface area contributed by atoms with Gasteiger partial charge in [0.15, 0.2) is 0 Å². The molecule has 0 spiro atoms. The molecule has 1 aromatic carbocycles. The molecule has 2 saturated heterocycles. The first-order valence-electron chi connectivity index (χ1n) is 8.87. The molecule has 3 heterocycles. The standard InChI is InChI=1S/C19H27N3O/c1-19(2,3)22-14-8-9-15(22)11-16(10-14)21-12-13-6-4-5-7-17(13)20-18(21)23/h4-7,14-16H,8-12H2,1-3H3,(H,20,23). The summed E-state index contributed by atoms with van der Waals surface area (Å²) < 4.78 is 0. The largest absolute Gasteiger partial charge is 0.322 e. The van der Waals surface area contributed by atoms with E-state index in [0.29, 0.717) is 18.1 Å². The van der Waals surface area contributed by atoms with Crippen molar-refractivity contribution in [2.75, 3.05) is 5.32 Å². The van der Waals surface area contributed by atoms with Crippen molar-refractivity contribution in [3.05, 3.63) is 29.8 Å². The number of carbonyl (C=O) groups is 1. The van der Waals surface area contributed by atoms with E-state index in [1.54, 1.807) is 0 Å². The van der Waals surface area contributed by atoms with Crippen LogP contribution in [0.3, 0.4) is 0 Å². The molecule has 4 heteroatoms. The van der Waals surface area contributed by atoms with Crippen LogP contribution in [0.5, 0.6) is 0 Å². The SMILES string of the molecule is CC(C)(C)N1C2CCC1CC(N1Cc3ccccc3NC1=O)C2. The Balaban J connectivity index is 1.54. The van der Waals surface area contributed by atoms with Crippen molar-refractivity contribution in [1.29, 1.82) is 0 Å². The summed E-state index contributed by atoms with van der Waals surface area (Å²) >= 11 is 0. The van der Waals surface area contributed by atoms with Gasteiger partial charge in [-0.15, -0.1) is 0 Å². The van der Waals surface area contributed by atoms with Crippen LogP contribution in [0.1, 0.15) is 52.0 Å². The Labute approximate surface area is 138 Å². The van der Waals surface area contributed by atoms with E-state index in [2.05, 4.69) is 48.0 Å². The van der Waals surface area contributed by atoms with Gasteiger partial charge in [0.05, 0.1) is 0 Å². The third kappa shape index (κ3) is 2.53. The maximum atomic E-state index is 12.6. The lowest BCUT2D eigenvalue weighted by molar-refractivity contribution is 0.0103. The molecule has 2 bridgehead atoms. The highest BCUT2D eigenvalue weighted by atomic mass is 16.2. The first kappa shape index (κ1) is 15.0. The van der Waals surface area contributed by atoms with Crippen LogP contribution in [0, 0.1) is 0 Å². The molecule has 0 aliphatic carbocycles. The Hall–Kier alpha value is -1.55. The summed E-state index contributed by atoms with van der Waals surface area (Å²) in [7, 11) is 0. The molecular formula is C19H27N3O. The molecule has 3 aliphatic heterocycles. The number of hydrogen-bond donors (Lipinski definition) is 1. The summed E-state index contributed by atoms with van der Waals surface area (Å²) in [4.78, 5) is 17.4. The van der Waals surface area contributed by atoms with Gasteiger partial charge in [0.1, 0.15) is 0 Å². The van der Waals surface area contributed by atoms with Crippen LogP contribution in [-0.2, 0) is 6.54 Å². The molecule has 4 rings (SSSR count). The molecule has 1 aromatic rings. The summed E-state index contributed by atoms with van der Waals surface area (Å²) in [5.74, 6) is 0. The summed E-state index contributed by atoms with van der Waals surface area (Å²) in [5.41, 5.74) is 2.44. The molecule has 0 aromatic heterocycles. The number of rotatable bonds is 1. The normalized spacial score (nSPS) is 31.0. The third-order valence-corrected chi connectivity index (χ3v) is 5.78. The van der Waals surface area contributed by atoms with Crippen LogP contribution in [0.4, 0.5) is 10.5 Å². The Bertz CT molecular complexity index is 607. The van der Waals surface area contributed by atoms with Gasteiger partial charge < -0.3 is 10.2 Å². The quantitative estimate of drug-likeness (QED) is 0.855. The zero-order chi connectivity index (χ0) is 16.2. The number of nitrogens with zero attached hydrogens (tertiary/aromatic N) is 2. The Morgan fingerprint density at radius 2 is 1.70 bits per heavy atom. The molecule has 4 nitrogen and oxygen atoms in total. The van der Waals surface area contributed by atoms with Crippen molar-refractivity contribution in [1.82, 2.24) is 9.80 Å². The zero-order valence-electron chi connectivity index (χ0n) is 14.4. The first-order chi connectivity index (χ1) is 10.9. The fraction of sp³-hybridized carbons (Fsp3) is 0.632. The second kappa shape index (κ2) is 5.23. The molecule has 3 aliphatic rings. The van der Waals surface area contributed by atoms with Gasteiger partial charge in [-0.2, -0.15) is 0 Å². The number of carbonyl (C=O) groups excluding carboxylic acids is 1. The molecule has 0 saturated carbocycles. The number of fused-ring (bicyclic) bond motifs is 3. The fourth-order valence-electron chi connectivity index (χ4n) is 5.02. The Morgan fingerprint density at radius 3 is 2.35 bits per heavy atom. The van der Waals surface area contributed by atoms with Crippen molar-refractivity contribution in [3.63, 3.8) is 0 Å². The zero-order valence-corrected chi connectivity index (χ0v) is 14.4. The molecule has 2 amide bonds. The van der Waals surface area contributed by atoms with E-state index in [9.17, 15) is 4.79 Å². The van der Waals surface area contributed by atoms with Crippen molar-refractivity contribution in [2.24, 2.45) is 0 Å². The topological polar surface area (TPSA) is 35.6 Å². The maximum absolute atomic E-state index is 12.6. The molecule has 2 atom stereocenters. The number of para-hydroxylation sites is 1. The van der Waals surface area contributed by atoms with E-state index >= 15 is 0 Å². The van der Waals surface area contributed by atoms with E-state index in [0.717, 1.165) is 25.1 Å². The highest BCUT2D eigenvalue weighted by Gasteiger charge is 2.47. The van der Waals surface area contributed by atoms with Crippen LogP contribution in [0.2, 0.25) is 0 Å². The summed E-state index contributed by atoms with van der Waals surface area (Å²) in [6.07, 6.45) is 4.79. The molecule has 0 radical (unpaired) electrons. The minimum atomic E-state index is 0.0808. The van der Waals surface area contributed by atoms with Crippen molar-refractivity contribution in [2.45, 2.75) is 76.7 Å². The van der Waals surface area contributed by atoms with Crippen LogP contribution in [-0.4, -0.2) is 39.5 Å². The molecule has 23 heavy (non-hydrogen) atoms. The summed E-state index contributed by atoms with van der Waals surface area (Å²) in [6, 6.07) is 9.87. The second-order valence-electron chi connectivity index (χ2n) is 8.30. The molecule has 124 valence electrons. The number of benzene rings is 1. The van der Waals surface area contributed by atoms with Crippen LogP contribution in [0.25, 0.3) is 0 Å². The number of nitrogens with one attached hydrogen (secondary N) is 1. The minimum absolute atomic E-state index is 0.0808. The molecule has 1 N–H and O–H groups in total. The van der Waals surface area contributed by atoms with E-state index in [-0.39, 0.29) is 11.6 Å². The smallest absolute Gasteiger partial charge is 0.317 e. The lowest BCUT2D eigenvalue weighted by atomic mass is 9.90. The Morgan fingerprint density at radius 1 is 1.04 bits per heavy atom. The van der Waals surface area contributed by atoms with Gasteiger partial charge in [0, 0.05) is 35.9 Å². The summed E-state index contributed by atoms with van der Waals surface area (Å²) in [6.45, 7) is 7.72. The maximum Gasteiger partial charge on any atom is 0.322 e. The molecule has 2 fully saturated rings. The van der Waals surface area contributed by atoms with Gasteiger partial charge in [-0.05, 0) is 58.1 Å².